The standard InChI is InChI=1S/C20H19N5O/c1-2-16-4-3-15(11-22-16)20(26)25-10-7-18-17(12-25)19(24-13-23-18)14-5-8-21-9-6-14/h3-6,8-9,11,13H,2,7,10,12H2,1H3. The van der Waals surface area contributed by atoms with Crippen molar-refractivity contribution in [3.05, 3.63) is 71.7 Å². The van der Waals surface area contributed by atoms with Gasteiger partial charge in [-0.2, -0.15) is 0 Å². The van der Waals surface area contributed by atoms with E-state index in [-0.39, 0.29) is 5.91 Å². The molecule has 26 heavy (non-hydrogen) atoms. The van der Waals surface area contributed by atoms with Crippen LogP contribution in [0, 0.1) is 0 Å². The van der Waals surface area contributed by atoms with Crippen molar-refractivity contribution in [3.8, 4) is 11.3 Å². The zero-order chi connectivity index (χ0) is 17.9. The molecule has 0 unspecified atom stereocenters. The minimum Gasteiger partial charge on any atom is -0.334 e. The summed E-state index contributed by atoms with van der Waals surface area (Å²) in [5.41, 5.74) is 5.48. The topological polar surface area (TPSA) is 71.9 Å². The Kier molecular flexibility index (Phi) is 4.39. The molecule has 0 atom stereocenters. The highest BCUT2D eigenvalue weighted by molar-refractivity contribution is 5.94. The van der Waals surface area contributed by atoms with Crippen molar-refractivity contribution in [2.75, 3.05) is 6.54 Å². The fraction of sp³-hybridized carbons (Fsp3) is 0.250. The molecule has 0 radical (unpaired) electrons. The zero-order valence-electron chi connectivity index (χ0n) is 14.6. The molecule has 130 valence electrons. The molecular formula is C20H19N5O. The van der Waals surface area contributed by atoms with Crippen molar-refractivity contribution in [2.24, 2.45) is 0 Å². The third kappa shape index (κ3) is 3.06. The van der Waals surface area contributed by atoms with Crippen molar-refractivity contribution in [3.63, 3.8) is 0 Å². The predicted molar refractivity (Wildman–Crippen MR) is 97.3 cm³/mol. The number of pyridine rings is 2. The molecule has 1 amide bonds. The van der Waals surface area contributed by atoms with E-state index in [0.717, 1.165) is 41.1 Å². The van der Waals surface area contributed by atoms with E-state index < -0.39 is 0 Å². The van der Waals surface area contributed by atoms with E-state index in [1.54, 1.807) is 24.9 Å². The fourth-order valence-electron chi connectivity index (χ4n) is 3.22. The number of fused-ring (bicyclic) bond motifs is 1. The Balaban J connectivity index is 1.63. The monoisotopic (exact) mass is 345 g/mol. The molecule has 0 fully saturated rings. The average molecular weight is 345 g/mol. The van der Waals surface area contributed by atoms with Gasteiger partial charge >= 0.3 is 0 Å². The first-order chi connectivity index (χ1) is 12.8. The molecule has 1 aliphatic heterocycles. The van der Waals surface area contributed by atoms with Gasteiger partial charge in [0.15, 0.2) is 0 Å². The summed E-state index contributed by atoms with van der Waals surface area (Å²) >= 11 is 0. The average Bonchev–Trinajstić information content (AvgIpc) is 2.73. The number of nitrogens with zero attached hydrogens (tertiary/aromatic N) is 5. The van der Waals surface area contributed by atoms with Gasteiger partial charge in [-0.25, -0.2) is 9.97 Å². The van der Waals surface area contributed by atoms with E-state index in [0.29, 0.717) is 18.7 Å². The van der Waals surface area contributed by atoms with E-state index in [2.05, 4.69) is 19.9 Å². The van der Waals surface area contributed by atoms with Crippen molar-refractivity contribution in [2.45, 2.75) is 26.3 Å². The molecule has 1 aliphatic rings. The van der Waals surface area contributed by atoms with E-state index >= 15 is 0 Å². The highest BCUT2D eigenvalue weighted by atomic mass is 16.2. The maximum atomic E-state index is 12.9. The van der Waals surface area contributed by atoms with E-state index in [4.69, 9.17) is 0 Å². The smallest absolute Gasteiger partial charge is 0.255 e. The molecule has 0 aromatic carbocycles. The number of carbonyl (C=O) groups excluding carboxylic acids is 1. The number of aromatic nitrogens is 4. The summed E-state index contributed by atoms with van der Waals surface area (Å²) in [6.07, 6.45) is 8.34. The van der Waals surface area contributed by atoms with Gasteiger partial charge in [-0.3, -0.25) is 14.8 Å². The van der Waals surface area contributed by atoms with Gasteiger partial charge in [-0.1, -0.05) is 6.92 Å². The number of amides is 1. The van der Waals surface area contributed by atoms with Gasteiger partial charge in [0.1, 0.15) is 6.33 Å². The van der Waals surface area contributed by atoms with Crippen LogP contribution in [0.5, 0.6) is 0 Å². The van der Waals surface area contributed by atoms with Gasteiger partial charge < -0.3 is 4.90 Å². The number of aryl methyl sites for hydroxylation is 1. The van der Waals surface area contributed by atoms with Gasteiger partial charge in [0, 0.05) is 54.9 Å². The lowest BCUT2D eigenvalue weighted by atomic mass is 9.99. The second-order valence-corrected chi connectivity index (χ2v) is 6.25. The molecular weight excluding hydrogens is 326 g/mol. The normalized spacial score (nSPS) is 13.3. The Labute approximate surface area is 152 Å². The maximum Gasteiger partial charge on any atom is 0.255 e. The fourth-order valence-corrected chi connectivity index (χ4v) is 3.22. The molecule has 0 aliphatic carbocycles. The summed E-state index contributed by atoms with van der Waals surface area (Å²) < 4.78 is 0. The first-order valence-electron chi connectivity index (χ1n) is 8.73. The second kappa shape index (κ2) is 7.00. The largest absolute Gasteiger partial charge is 0.334 e. The van der Waals surface area contributed by atoms with Gasteiger partial charge in [-0.05, 0) is 30.7 Å². The van der Waals surface area contributed by atoms with Gasteiger partial charge in [0.2, 0.25) is 0 Å². The Morgan fingerprint density at radius 3 is 2.69 bits per heavy atom. The third-order valence-electron chi connectivity index (χ3n) is 4.68. The number of rotatable bonds is 3. The number of carbonyl (C=O) groups is 1. The summed E-state index contributed by atoms with van der Waals surface area (Å²) in [6.45, 7) is 3.20. The lowest BCUT2D eigenvalue weighted by Gasteiger charge is -2.29. The van der Waals surface area contributed by atoms with Crippen LogP contribution in [0.3, 0.4) is 0 Å². The van der Waals surface area contributed by atoms with Gasteiger partial charge in [0.05, 0.1) is 17.0 Å². The van der Waals surface area contributed by atoms with Crippen LogP contribution < -0.4 is 0 Å². The SMILES string of the molecule is CCc1ccc(C(=O)N2CCc3ncnc(-c4ccncc4)c3C2)cn1. The van der Waals surface area contributed by atoms with Crippen molar-refractivity contribution in [1.82, 2.24) is 24.8 Å². The van der Waals surface area contributed by atoms with E-state index in [1.165, 1.54) is 0 Å². The third-order valence-corrected chi connectivity index (χ3v) is 4.68. The van der Waals surface area contributed by atoms with Crippen molar-refractivity contribution in [1.29, 1.82) is 0 Å². The van der Waals surface area contributed by atoms with Crippen LogP contribution in [0.2, 0.25) is 0 Å². The highest BCUT2D eigenvalue weighted by Gasteiger charge is 2.25. The number of hydrogen-bond donors (Lipinski definition) is 0. The summed E-state index contributed by atoms with van der Waals surface area (Å²) in [5, 5.41) is 0. The Hall–Kier alpha value is -3.15. The zero-order valence-corrected chi connectivity index (χ0v) is 14.6. The molecule has 6 heteroatoms. The lowest BCUT2D eigenvalue weighted by molar-refractivity contribution is 0.0733. The second-order valence-electron chi connectivity index (χ2n) is 6.25. The Morgan fingerprint density at radius 2 is 1.96 bits per heavy atom. The summed E-state index contributed by atoms with van der Waals surface area (Å²) in [4.78, 5) is 32.0. The summed E-state index contributed by atoms with van der Waals surface area (Å²) in [7, 11) is 0. The molecule has 4 rings (SSSR count). The van der Waals surface area contributed by atoms with Crippen LogP contribution >= 0.6 is 0 Å². The minimum atomic E-state index is -0.00432. The van der Waals surface area contributed by atoms with Crippen LogP contribution in [-0.4, -0.2) is 37.3 Å². The summed E-state index contributed by atoms with van der Waals surface area (Å²) in [6, 6.07) is 7.62. The molecule has 6 nitrogen and oxygen atoms in total. The molecule has 0 bridgehead atoms. The molecule has 3 aromatic rings. The molecule has 0 saturated carbocycles. The van der Waals surface area contributed by atoms with Crippen LogP contribution in [0.25, 0.3) is 11.3 Å². The maximum absolute atomic E-state index is 12.9. The van der Waals surface area contributed by atoms with Crippen molar-refractivity contribution >= 4 is 5.91 Å². The van der Waals surface area contributed by atoms with Gasteiger partial charge in [0.25, 0.3) is 5.91 Å². The molecule has 0 saturated heterocycles. The Morgan fingerprint density at radius 1 is 1.12 bits per heavy atom. The molecule has 0 spiro atoms. The highest BCUT2D eigenvalue weighted by Crippen LogP contribution is 2.27. The van der Waals surface area contributed by atoms with Gasteiger partial charge in [-0.15, -0.1) is 0 Å². The van der Waals surface area contributed by atoms with Crippen LogP contribution in [0.1, 0.15) is 34.2 Å². The minimum absolute atomic E-state index is 0.00432. The van der Waals surface area contributed by atoms with Crippen LogP contribution in [0.15, 0.2) is 49.2 Å². The first kappa shape index (κ1) is 16.3. The first-order valence-corrected chi connectivity index (χ1v) is 8.73. The lowest BCUT2D eigenvalue weighted by Crippen LogP contribution is -2.36. The van der Waals surface area contributed by atoms with E-state index in [9.17, 15) is 4.79 Å². The van der Waals surface area contributed by atoms with Crippen molar-refractivity contribution < 1.29 is 4.79 Å². The molecule has 0 N–H and O–H groups in total. The van der Waals surface area contributed by atoms with E-state index in [1.807, 2.05) is 36.1 Å². The van der Waals surface area contributed by atoms with Crippen LogP contribution in [0.4, 0.5) is 0 Å². The number of hydrogen-bond acceptors (Lipinski definition) is 5. The van der Waals surface area contributed by atoms with Crippen LogP contribution in [-0.2, 0) is 19.4 Å². The quantitative estimate of drug-likeness (QED) is 0.730. The molecule has 4 heterocycles. The predicted octanol–water partition coefficient (Wildman–Crippen LogP) is 2.69. The summed E-state index contributed by atoms with van der Waals surface area (Å²) in [5.74, 6) is -0.00432. The molecule has 3 aromatic heterocycles. The Bertz CT molecular complexity index is 925.